The molecule has 1 aromatic heterocycles. The van der Waals surface area contributed by atoms with Gasteiger partial charge in [-0.15, -0.1) is 11.3 Å². The maximum absolute atomic E-state index is 13.9. The second kappa shape index (κ2) is 4.38. The summed E-state index contributed by atoms with van der Waals surface area (Å²) in [6.07, 6.45) is 0. The first-order valence-corrected chi connectivity index (χ1v) is 6.29. The van der Waals surface area contributed by atoms with Crippen LogP contribution in [0.3, 0.4) is 0 Å². The van der Waals surface area contributed by atoms with Gasteiger partial charge >= 0.3 is 0 Å². The van der Waals surface area contributed by atoms with Gasteiger partial charge in [0.15, 0.2) is 0 Å². The minimum atomic E-state index is -0.312. The lowest BCUT2D eigenvalue weighted by Crippen LogP contribution is -1.90. The Labute approximate surface area is 108 Å². The van der Waals surface area contributed by atoms with Crippen LogP contribution >= 0.6 is 11.3 Å². The van der Waals surface area contributed by atoms with Gasteiger partial charge in [-0.25, -0.2) is 9.37 Å². The fourth-order valence-corrected chi connectivity index (χ4v) is 2.88. The van der Waals surface area contributed by atoms with Gasteiger partial charge in [-0.05, 0) is 24.3 Å². The molecule has 2 aromatic carbocycles. The minimum absolute atomic E-state index is 0.312. The van der Waals surface area contributed by atoms with E-state index in [0.29, 0.717) is 16.3 Å². The zero-order valence-corrected chi connectivity index (χ0v) is 10.5. The Kier molecular flexibility index (Phi) is 2.72. The zero-order chi connectivity index (χ0) is 12.5. The molecule has 0 fully saturated rings. The molecule has 0 atom stereocenters. The van der Waals surface area contributed by atoms with Gasteiger partial charge in [0.05, 0.1) is 22.9 Å². The number of halogens is 1. The number of ether oxygens (including phenoxy) is 1. The Morgan fingerprint density at radius 2 is 1.94 bits per heavy atom. The molecular formula is C14H10FNOS. The number of methoxy groups -OCH3 is 1. The summed E-state index contributed by atoms with van der Waals surface area (Å²) in [5, 5.41) is 0.645. The van der Waals surface area contributed by atoms with E-state index < -0.39 is 0 Å². The van der Waals surface area contributed by atoms with Crippen LogP contribution in [0, 0.1) is 5.82 Å². The third-order valence-corrected chi connectivity index (χ3v) is 3.76. The lowest BCUT2D eigenvalue weighted by Gasteiger charge is -2.06. The average Bonchev–Trinajstić information content (AvgIpc) is 2.81. The van der Waals surface area contributed by atoms with Gasteiger partial charge in [0.25, 0.3) is 0 Å². The Morgan fingerprint density at radius 3 is 2.72 bits per heavy atom. The lowest BCUT2D eigenvalue weighted by molar-refractivity contribution is 0.413. The quantitative estimate of drug-likeness (QED) is 0.691. The second-order valence-corrected chi connectivity index (χ2v) is 4.83. The monoisotopic (exact) mass is 259 g/mol. The largest absolute Gasteiger partial charge is 0.496 e. The van der Waals surface area contributed by atoms with Crippen LogP contribution in [0.25, 0.3) is 20.8 Å². The first-order valence-electron chi connectivity index (χ1n) is 5.48. The molecule has 4 heteroatoms. The van der Waals surface area contributed by atoms with Gasteiger partial charge in [-0.2, -0.15) is 0 Å². The molecule has 1 heterocycles. The van der Waals surface area contributed by atoms with Crippen LogP contribution in [0.1, 0.15) is 0 Å². The maximum Gasteiger partial charge on any atom is 0.137 e. The van der Waals surface area contributed by atoms with Crippen molar-refractivity contribution in [1.82, 2.24) is 4.98 Å². The van der Waals surface area contributed by atoms with Gasteiger partial charge in [0.2, 0.25) is 0 Å². The standard InChI is InChI=1S/C14H10FNOS/c1-17-11-7-4-5-9(15)13(11)14-16-10-6-2-3-8-12(10)18-14/h2-8H,1H3. The van der Waals surface area contributed by atoms with Gasteiger partial charge in [-0.3, -0.25) is 0 Å². The van der Waals surface area contributed by atoms with Gasteiger partial charge in [-0.1, -0.05) is 18.2 Å². The molecule has 0 saturated carbocycles. The van der Waals surface area contributed by atoms with Crippen molar-refractivity contribution in [3.8, 4) is 16.3 Å². The number of para-hydroxylation sites is 1. The maximum atomic E-state index is 13.9. The van der Waals surface area contributed by atoms with Crippen LogP contribution in [0.4, 0.5) is 4.39 Å². The van der Waals surface area contributed by atoms with E-state index in [2.05, 4.69) is 4.98 Å². The number of hydrogen-bond acceptors (Lipinski definition) is 3. The topological polar surface area (TPSA) is 22.1 Å². The summed E-state index contributed by atoms with van der Waals surface area (Å²) in [6.45, 7) is 0. The van der Waals surface area contributed by atoms with Crippen molar-refractivity contribution in [2.24, 2.45) is 0 Å². The average molecular weight is 259 g/mol. The summed E-state index contributed by atoms with van der Waals surface area (Å²) in [4.78, 5) is 4.45. The molecule has 0 amide bonds. The molecule has 0 aliphatic heterocycles. The van der Waals surface area contributed by atoms with Crippen LogP contribution < -0.4 is 4.74 Å². The van der Waals surface area contributed by atoms with Crippen LogP contribution in [-0.2, 0) is 0 Å². The summed E-state index contributed by atoms with van der Waals surface area (Å²) >= 11 is 1.46. The normalized spacial score (nSPS) is 10.8. The van der Waals surface area contributed by atoms with E-state index in [0.717, 1.165) is 10.2 Å². The number of hydrogen-bond donors (Lipinski definition) is 0. The van der Waals surface area contributed by atoms with Crippen molar-refractivity contribution in [3.63, 3.8) is 0 Å². The first-order chi connectivity index (χ1) is 8.79. The third-order valence-electron chi connectivity index (χ3n) is 2.70. The smallest absolute Gasteiger partial charge is 0.137 e. The number of fused-ring (bicyclic) bond motifs is 1. The lowest BCUT2D eigenvalue weighted by atomic mass is 10.2. The number of thiazole rings is 1. The highest BCUT2D eigenvalue weighted by molar-refractivity contribution is 7.21. The molecule has 0 bridgehead atoms. The molecule has 3 aromatic rings. The van der Waals surface area contributed by atoms with Gasteiger partial charge in [0, 0.05) is 0 Å². The summed E-state index contributed by atoms with van der Waals surface area (Å²) in [5.41, 5.74) is 1.31. The molecule has 18 heavy (non-hydrogen) atoms. The van der Waals surface area contributed by atoms with Crippen LogP contribution in [0.5, 0.6) is 5.75 Å². The molecule has 2 nitrogen and oxygen atoms in total. The molecule has 0 aliphatic carbocycles. The molecule has 90 valence electrons. The molecular weight excluding hydrogens is 249 g/mol. The van der Waals surface area contributed by atoms with Crippen LogP contribution in [0.2, 0.25) is 0 Å². The SMILES string of the molecule is COc1cccc(F)c1-c1nc2ccccc2s1. The highest BCUT2D eigenvalue weighted by Crippen LogP contribution is 2.37. The van der Waals surface area contributed by atoms with E-state index in [1.165, 1.54) is 24.5 Å². The van der Waals surface area contributed by atoms with Gasteiger partial charge in [0.1, 0.15) is 16.6 Å². The first kappa shape index (κ1) is 11.2. The highest BCUT2D eigenvalue weighted by Gasteiger charge is 2.15. The van der Waals surface area contributed by atoms with E-state index in [-0.39, 0.29) is 5.82 Å². The van der Waals surface area contributed by atoms with E-state index in [4.69, 9.17) is 4.74 Å². The van der Waals surface area contributed by atoms with Crippen molar-refractivity contribution in [3.05, 3.63) is 48.3 Å². The summed E-state index contributed by atoms with van der Waals surface area (Å²) < 4.78 is 20.2. The van der Waals surface area contributed by atoms with E-state index in [1.54, 1.807) is 12.1 Å². The van der Waals surface area contributed by atoms with Gasteiger partial charge < -0.3 is 4.74 Å². The molecule has 0 spiro atoms. The fraction of sp³-hybridized carbons (Fsp3) is 0.0714. The third kappa shape index (κ3) is 1.75. The fourth-order valence-electron chi connectivity index (χ4n) is 1.86. The number of nitrogens with zero attached hydrogens (tertiary/aromatic N) is 1. The molecule has 0 unspecified atom stereocenters. The van der Waals surface area contributed by atoms with E-state index >= 15 is 0 Å². The number of rotatable bonds is 2. The Morgan fingerprint density at radius 1 is 1.11 bits per heavy atom. The minimum Gasteiger partial charge on any atom is -0.496 e. The highest BCUT2D eigenvalue weighted by atomic mass is 32.1. The number of benzene rings is 2. The predicted octanol–water partition coefficient (Wildman–Crippen LogP) is 4.11. The summed E-state index contributed by atoms with van der Waals surface area (Å²) in [7, 11) is 1.53. The number of aromatic nitrogens is 1. The zero-order valence-electron chi connectivity index (χ0n) is 9.68. The Bertz CT molecular complexity index is 675. The van der Waals surface area contributed by atoms with Crippen molar-refractivity contribution in [2.45, 2.75) is 0 Å². The van der Waals surface area contributed by atoms with Crippen molar-refractivity contribution in [2.75, 3.05) is 7.11 Å². The van der Waals surface area contributed by atoms with E-state index in [1.807, 2.05) is 24.3 Å². The van der Waals surface area contributed by atoms with Crippen molar-refractivity contribution in [1.29, 1.82) is 0 Å². The summed E-state index contributed by atoms with van der Waals surface area (Å²) in [5.74, 6) is 0.197. The molecule has 0 radical (unpaired) electrons. The Hall–Kier alpha value is -1.94. The predicted molar refractivity (Wildman–Crippen MR) is 71.6 cm³/mol. The summed E-state index contributed by atoms with van der Waals surface area (Å²) in [6, 6.07) is 12.6. The molecule has 3 rings (SSSR count). The second-order valence-electron chi connectivity index (χ2n) is 3.80. The Balaban J connectivity index is 2.25. The van der Waals surface area contributed by atoms with Crippen LogP contribution in [0.15, 0.2) is 42.5 Å². The van der Waals surface area contributed by atoms with E-state index in [9.17, 15) is 4.39 Å². The molecule has 0 aliphatic rings. The van der Waals surface area contributed by atoms with Crippen molar-refractivity contribution < 1.29 is 9.13 Å². The molecule has 0 N–H and O–H groups in total. The molecule has 0 saturated heterocycles. The van der Waals surface area contributed by atoms with Crippen molar-refractivity contribution >= 4 is 21.6 Å². The van der Waals surface area contributed by atoms with Crippen LogP contribution in [-0.4, -0.2) is 12.1 Å².